The number of hydrogen-bond acceptors (Lipinski definition) is 2. The van der Waals surface area contributed by atoms with Crippen molar-refractivity contribution in [1.82, 2.24) is 4.90 Å². The minimum absolute atomic E-state index is 0.486. The Morgan fingerprint density at radius 3 is 2.35 bits per heavy atom. The van der Waals surface area contributed by atoms with Gasteiger partial charge in [0.2, 0.25) is 0 Å². The summed E-state index contributed by atoms with van der Waals surface area (Å²) in [5, 5.41) is 0. The van der Waals surface area contributed by atoms with E-state index in [-0.39, 0.29) is 0 Å². The summed E-state index contributed by atoms with van der Waals surface area (Å²) in [5.74, 6) is 0.666. The van der Waals surface area contributed by atoms with Crippen molar-refractivity contribution < 1.29 is 0 Å². The zero-order valence-electron chi connectivity index (χ0n) is 13.7. The molecule has 2 N–H and O–H groups in total. The molecule has 1 aliphatic heterocycles. The van der Waals surface area contributed by atoms with Crippen LogP contribution in [0, 0.1) is 26.7 Å². The predicted octanol–water partition coefficient (Wildman–Crippen LogP) is 3.73. The summed E-state index contributed by atoms with van der Waals surface area (Å²) in [6, 6.07) is 5.77. The molecule has 3 atom stereocenters. The van der Waals surface area contributed by atoms with E-state index in [4.69, 9.17) is 5.73 Å². The fourth-order valence-corrected chi connectivity index (χ4v) is 3.96. The second-order valence-electron chi connectivity index (χ2n) is 6.71. The summed E-state index contributed by atoms with van der Waals surface area (Å²) in [5.41, 5.74) is 11.6. The first kappa shape index (κ1) is 15.5. The van der Waals surface area contributed by atoms with Crippen LogP contribution in [0.3, 0.4) is 0 Å². The monoisotopic (exact) mass is 274 g/mol. The van der Waals surface area contributed by atoms with Crippen LogP contribution in [0.15, 0.2) is 12.1 Å². The van der Waals surface area contributed by atoms with Crippen molar-refractivity contribution in [2.24, 2.45) is 11.7 Å². The maximum Gasteiger partial charge on any atom is 0.0328 e. The van der Waals surface area contributed by atoms with E-state index in [1.165, 1.54) is 35.1 Å². The fraction of sp³-hybridized carbons (Fsp3) is 0.667. The van der Waals surface area contributed by atoms with Gasteiger partial charge in [-0.2, -0.15) is 0 Å². The third-order valence-corrected chi connectivity index (χ3v) is 5.01. The Morgan fingerprint density at radius 2 is 1.80 bits per heavy atom. The highest BCUT2D eigenvalue weighted by molar-refractivity contribution is 5.39. The van der Waals surface area contributed by atoms with E-state index in [0.717, 1.165) is 13.1 Å². The molecule has 0 saturated carbocycles. The number of rotatable bonds is 3. The summed E-state index contributed by atoms with van der Waals surface area (Å²) in [6.07, 6.45) is 2.56. The molecule has 1 aromatic rings. The van der Waals surface area contributed by atoms with Gasteiger partial charge in [-0.15, -0.1) is 0 Å². The maximum absolute atomic E-state index is 5.90. The van der Waals surface area contributed by atoms with Gasteiger partial charge in [-0.3, -0.25) is 4.90 Å². The van der Waals surface area contributed by atoms with E-state index in [1.807, 2.05) is 0 Å². The molecule has 0 aliphatic carbocycles. The van der Waals surface area contributed by atoms with Gasteiger partial charge in [0.25, 0.3) is 0 Å². The molecule has 2 rings (SSSR count). The van der Waals surface area contributed by atoms with Crippen molar-refractivity contribution in [3.8, 4) is 0 Å². The van der Waals surface area contributed by atoms with Crippen LogP contribution < -0.4 is 5.73 Å². The van der Waals surface area contributed by atoms with Gasteiger partial charge in [0.1, 0.15) is 0 Å². The number of nitrogens with two attached hydrogens (primary N) is 1. The van der Waals surface area contributed by atoms with Crippen LogP contribution in [0.5, 0.6) is 0 Å². The highest BCUT2D eigenvalue weighted by atomic mass is 15.2. The van der Waals surface area contributed by atoms with Crippen molar-refractivity contribution in [2.75, 3.05) is 13.1 Å². The van der Waals surface area contributed by atoms with Gasteiger partial charge in [0.05, 0.1) is 0 Å². The van der Waals surface area contributed by atoms with Gasteiger partial charge >= 0.3 is 0 Å². The van der Waals surface area contributed by atoms with Crippen molar-refractivity contribution in [1.29, 1.82) is 0 Å². The largest absolute Gasteiger partial charge is 0.330 e. The Kier molecular flexibility index (Phi) is 4.87. The molecule has 2 nitrogen and oxygen atoms in total. The summed E-state index contributed by atoms with van der Waals surface area (Å²) >= 11 is 0. The van der Waals surface area contributed by atoms with Crippen molar-refractivity contribution in [3.63, 3.8) is 0 Å². The molecule has 1 fully saturated rings. The Bertz CT molecular complexity index is 443. The second-order valence-corrected chi connectivity index (χ2v) is 6.71. The Hall–Kier alpha value is -0.860. The lowest BCUT2D eigenvalue weighted by atomic mass is 9.88. The topological polar surface area (TPSA) is 29.3 Å². The first-order chi connectivity index (χ1) is 9.43. The van der Waals surface area contributed by atoms with Crippen molar-refractivity contribution in [3.05, 3.63) is 34.4 Å². The number of aryl methyl sites for hydroxylation is 3. The highest BCUT2D eigenvalue weighted by Crippen LogP contribution is 2.33. The molecule has 20 heavy (non-hydrogen) atoms. The average molecular weight is 274 g/mol. The second kappa shape index (κ2) is 6.28. The van der Waals surface area contributed by atoms with Gasteiger partial charge in [-0.25, -0.2) is 0 Å². The van der Waals surface area contributed by atoms with Gasteiger partial charge in [0, 0.05) is 18.6 Å². The lowest BCUT2D eigenvalue weighted by Gasteiger charge is -2.42. The van der Waals surface area contributed by atoms with Crippen LogP contribution >= 0.6 is 0 Å². The van der Waals surface area contributed by atoms with E-state index >= 15 is 0 Å². The maximum atomic E-state index is 5.90. The third kappa shape index (κ3) is 3.07. The molecule has 112 valence electrons. The van der Waals surface area contributed by atoms with Crippen LogP contribution in [0.25, 0.3) is 0 Å². The molecule has 2 heteroatoms. The zero-order valence-corrected chi connectivity index (χ0v) is 13.7. The molecule has 0 radical (unpaired) electrons. The molecule has 3 unspecified atom stereocenters. The standard InChI is InChI=1S/C18H30N2/c1-12-8-13(2)18(14(3)9-12)16(5)20-11-17(10-19)7-6-15(20)4/h8-9,15-17H,6-7,10-11,19H2,1-5H3. The fourth-order valence-electron chi connectivity index (χ4n) is 3.96. The minimum atomic E-state index is 0.486. The molecule has 0 spiro atoms. The molecule has 0 aromatic heterocycles. The summed E-state index contributed by atoms with van der Waals surface area (Å²) < 4.78 is 0. The number of piperidine rings is 1. The van der Waals surface area contributed by atoms with E-state index in [2.05, 4.69) is 51.7 Å². The molecular formula is C18H30N2. The van der Waals surface area contributed by atoms with Gasteiger partial charge in [-0.05, 0) is 76.6 Å². The minimum Gasteiger partial charge on any atom is -0.330 e. The lowest BCUT2D eigenvalue weighted by molar-refractivity contribution is 0.0807. The number of likely N-dealkylation sites (tertiary alicyclic amines) is 1. The smallest absolute Gasteiger partial charge is 0.0328 e. The summed E-state index contributed by atoms with van der Waals surface area (Å²) in [7, 11) is 0. The number of hydrogen-bond donors (Lipinski definition) is 1. The molecule has 1 saturated heterocycles. The molecular weight excluding hydrogens is 244 g/mol. The SMILES string of the molecule is Cc1cc(C)c(C(C)N2CC(CN)CCC2C)c(C)c1. The normalized spacial score (nSPS) is 25.7. The predicted molar refractivity (Wildman–Crippen MR) is 87.0 cm³/mol. The highest BCUT2D eigenvalue weighted by Gasteiger charge is 2.29. The number of benzene rings is 1. The van der Waals surface area contributed by atoms with Gasteiger partial charge in [0.15, 0.2) is 0 Å². The molecule has 1 heterocycles. The summed E-state index contributed by atoms with van der Waals surface area (Å²) in [4.78, 5) is 2.66. The zero-order chi connectivity index (χ0) is 14.9. The Labute approximate surface area is 124 Å². The van der Waals surface area contributed by atoms with Crippen molar-refractivity contribution >= 4 is 0 Å². The van der Waals surface area contributed by atoms with Crippen LogP contribution in [0.1, 0.15) is 55.0 Å². The van der Waals surface area contributed by atoms with Crippen molar-refractivity contribution in [2.45, 2.75) is 59.5 Å². The Balaban J connectivity index is 2.28. The molecule has 0 amide bonds. The number of nitrogens with zero attached hydrogens (tertiary/aromatic N) is 1. The van der Waals surface area contributed by atoms with Crippen LogP contribution in [-0.2, 0) is 0 Å². The molecule has 1 aromatic carbocycles. The van der Waals surface area contributed by atoms with Crippen LogP contribution in [-0.4, -0.2) is 24.0 Å². The van der Waals surface area contributed by atoms with E-state index in [9.17, 15) is 0 Å². The average Bonchev–Trinajstić information content (AvgIpc) is 2.37. The van der Waals surface area contributed by atoms with Crippen LogP contribution in [0.2, 0.25) is 0 Å². The van der Waals surface area contributed by atoms with Gasteiger partial charge in [-0.1, -0.05) is 17.7 Å². The first-order valence-corrected chi connectivity index (χ1v) is 7.97. The van der Waals surface area contributed by atoms with E-state index < -0.39 is 0 Å². The van der Waals surface area contributed by atoms with E-state index in [0.29, 0.717) is 18.0 Å². The Morgan fingerprint density at radius 1 is 1.20 bits per heavy atom. The lowest BCUT2D eigenvalue weighted by Crippen LogP contribution is -2.45. The molecule has 1 aliphatic rings. The van der Waals surface area contributed by atoms with Gasteiger partial charge < -0.3 is 5.73 Å². The third-order valence-electron chi connectivity index (χ3n) is 5.01. The molecule has 0 bridgehead atoms. The quantitative estimate of drug-likeness (QED) is 0.910. The van der Waals surface area contributed by atoms with E-state index in [1.54, 1.807) is 0 Å². The summed E-state index contributed by atoms with van der Waals surface area (Å²) in [6.45, 7) is 13.4. The van der Waals surface area contributed by atoms with Crippen LogP contribution in [0.4, 0.5) is 0 Å². The first-order valence-electron chi connectivity index (χ1n) is 7.97.